The van der Waals surface area contributed by atoms with Gasteiger partial charge in [-0.3, -0.25) is 4.90 Å². The normalized spacial score (nSPS) is 12.3. The molecule has 0 heterocycles. The Hall–Kier alpha value is -1.33. The Morgan fingerprint density at radius 3 is 2.26 bits per heavy atom. The number of hydrogen-bond acceptors (Lipinski definition) is 4. The summed E-state index contributed by atoms with van der Waals surface area (Å²) in [6, 6.07) is 5.71. The molecule has 0 aliphatic rings. The summed E-state index contributed by atoms with van der Waals surface area (Å²) in [7, 11) is 3.89. The van der Waals surface area contributed by atoms with Crippen molar-refractivity contribution in [3.05, 3.63) is 23.8 Å². The zero-order chi connectivity index (χ0) is 14.4. The van der Waals surface area contributed by atoms with Crippen molar-refractivity contribution in [2.24, 2.45) is 5.73 Å². The molecule has 106 valence electrons. The first-order chi connectivity index (χ1) is 9.01. The van der Waals surface area contributed by atoms with Crippen LogP contribution in [0.15, 0.2) is 18.2 Å². The van der Waals surface area contributed by atoms with Gasteiger partial charge >= 0.3 is 0 Å². The summed E-state index contributed by atoms with van der Waals surface area (Å²) in [4.78, 5) is 2.42. The maximum Gasteiger partial charge on any atom is 0.161 e. The number of ether oxygens (including phenoxy) is 2. The topological polar surface area (TPSA) is 47.7 Å². The molecule has 19 heavy (non-hydrogen) atoms. The number of nitrogens with zero attached hydrogens (tertiary/aromatic N) is 1. The third-order valence-corrected chi connectivity index (χ3v) is 2.89. The van der Waals surface area contributed by atoms with Crippen LogP contribution in [-0.2, 0) is 0 Å². The van der Waals surface area contributed by atoms with Gasteiger partial charge in [-0.15, -0.1) is 0 Å². The van der Waals surface area contributed by atoms with Crippen LogP contribution in [0.5, 0.6) is 11.5 Å². The first kappa shape index (κ1) is 15.7. The van der Waals surface area contributed by atoms with Crippen molar-refractivity contribution < 1.29 is 9.47 Å². The first-order valence-electron chi connectivity index (χ1n) is 6.36. The highest BCUT2D eigenvalue weighted by Crippen LogP contribution is 2.32. The smallest absolute Gasteiger partial charge is 0.161 e. The molecule has 0 aliphatic carbocycles. The molecule has 1 aromatic carbocycles. The van der Waals surface area contributed by atoms with Crippen molar-refractivity contribution in [2.75, 3.05) is 27.3 Å². The van der Waals surface area contributed by atoms with Crippen LogP contribution in [0.2, 0.25) is 0 Å². The predicted molar refractivity (Wildman–Crippen MR) is 82.0 cm³/mol. The average molecular weight is 282 g/mol. The van der Waals surface area contributed by atoms with Gasteiger partial charge in [-0.2, -0.15) is 0 Å². The number of nitrogens with two attached hydrogens (primary N) is 1. The first-order valence-corrected chi connectivity index (χ1v) is 6.77. The van der Waals surface area contributed by atoms with E-state index in [4.69, 9.17) is 27.4 Å². The highest BCUT2D eigenvalue weighted by atomic mass is 32.1. The van der Waals surface area contributed by atoms with Crippen molar-refractivity contribution >= 4 is 17.2 Å². The lowest BCUT2D eigenvalue weighted by atomic mass is 10.1. The SMILES string of the molecule is CCOc1ccc(C(C(N)=S)N(C)C)cc1OCC. The molecule has 0 fully saturated rings. The molecular formula is C14H22N2O2S. The number of hydrogen-bond donors (Lipinski definition) is 1. The summed E-state index contributed by atoms with van der Waals surface area (Å²) in [6.45, 7) is 5.08. The standard InChI is InChI=1S/C14H22N2O2S/c1-5-17-11-8-7-10(9-12(11)18-6-2)13(14(15)19)16(3)4/h7-9,13H,5-6H2,1-4H3,(H2,15,19). The third-order valence-electron chi connectivity index (χ3n) is 2.67. The number of benzene rings is 1. The molecule has 0 saturated heterocycles. The van der Waals surface area contributed by atoms with E-state index >= 15 is 0 Å². The highest BCUT2D eigenvalue weighted by molar-refractivity contribution is 7.80. The van der Waals surface area contributed by atoms with E-state index in [-0.39, 0.29) is 6.04 Å². The average Bonchev–Trinajstić information content (AvgIpc) is 2.32. The Bertz CT molecular complexity index is 435. The number of likely N-dealkylation sites (N-methyl/N-ethyl adjacent to an activating group) is 1. The maximum absolute atomic E-state index is 5.81. The minimum absolute atomic E-state index is 0.107. The lowest BCUT2D eigenvalue weighted by molar-refractivity contribution is 0.286. The minimum atomic E-state index is -0.107. The molecule has 0 saturated carbocycles. The van der Waals surface area contributed by atoms with Gasteiger partial charge in [0.1, 0.15) is 0 Å². The molecular weight excluding hydrogens is 260 g/mol. The van der Waals surface area contributed by atoms with Crippen LogP contribution >= 0.6 is 12.2 Å². The summed E-state index contributed by atoms with van der Waals surface area (Å²) in [5, 5.41) is 0. The summed E-state index contributed by atoms with van der Waals surface area (Å²) in [6.07, 6.45) is 0. The fourth-order valence-electron chi connectivity index (χ4n) is 1.95. The largest absolute Gasteiger partial charge is 0.490 e. The Morgan fingerprint density at radius 1 is 1.21 bits per heavy atom. The van der Waals surface area contributed by atoms with Crippen LogP contribution in [-0.4, -0.2) is 37.2 Å². The second-order valence-electron chi connectivity index (χ2n) is 4.34. The molecule has 1 unspecified atom stereocenters. The van der Waals surface area contributed by atoms with Gasteiger partial charge in [0.15, 0.2) is 11.5 Å². The van der Waals surface area contributed by atoms with E-state index in [9.17, 15) is 0 Å². The summed E-state index contributed by atoms with van der Waals surface area (Å²) in [5.41, 5.74) is 6.81. The van der Waals surface area contributed by atoms with E-state index in [1.54, 1.807) is 0 Å². The van der Waals surface area contributed by atoms with Crippen molar-refractivity contribution in [3.63, 3.8) is 0 Å². The van der Waals surface area contributed by atoms with E-state index in [0.717, 1.165) is 17.1 Å². The van der Waals surface area contributed by atoms with E-state index in [2.05, 4.69) is 0 Å². The second-order valence-corrected chi connectivity index (χ2v) is 4.81. The van der Waals surface area contributed by atoms with Crippen molar-refractivity contribution in [1.29, 1.82) is 0 Å². The second kappa shape index (κ2) is 7.31. The van der Waals surface area contributed by atoms with Gasteiger partial charge in [0.05, 0.1) is 24.2 Å². The molecule has 0 bridgehead atoms. The van der Waals surface area contributed by atoms with Crippen LogP contribution in [0.1, 0.15) is 25.5 Å². The molecule has 0 radical (unpaired) electrons. The quantitative estimate of drug-likeness (QED) is 0.778. The Labute approximate surface area is 120 Å². The maximum atomic E-state index is 5.81. The van der Waals surface area contributed by atoms with E-state index in [1.165, 1.54) is 0 Å². The fraction of sp³-hybridized carbons (Fsp3) is 0.500. The van der Waals surface area contributed by atoms with Gasteiger partial charge < -0.3 is 15.2 Å². The molecule has 1 rings (SSSR count). The molecule has 1 atom stereocenters. The predicted octanol–water partition coefficient (Wildman–Crippen LogP) is 2.37. The van der Waals surface area contributed by atoms with Crippen LogP contribution < -0.4 is 15.2 Å². The van der Waals surface area contributed by atoms with E-state index < -0.39 is 0 Å². The van der Waals surface area contributed by atoms with Crippen molar-refractivity contribution in [2.45, 2.75) is 19.9 Å². The third kappa shape index (κ3) is 4.08. The Morgan fingerprint density at radius 2 is 1.79 bits per heavy atom. The monoisotopic (exact) mass is 282 g/mol. The van der Waals surface area contributed by atoms with Gasteiger partial charge in [0.2, 0.25) is 0 Å². The van der Waals surface area contributed by atoms with Crippen molar-refractivity contribution in [3.8, 4) is 11.5 Å². The van der Waals surface area contributed by atoms with E-state index in [0.29, 0.717) is 18.2 Å². The van der Waals surface area contributed by atoms with Gasteiger partial charge in [-0.25, -0.2) is 0 Å². The molecule has 0 aliphatic heterocycles. The van der Waals surface area contributed by atoms with Gasteiger partial charge in [-0.1, -0.05) is 18.3 Å². The van der Waals surface area contributed by atoms with Gasteiger partial charge in [0.25, 0.3) is 0 Å². The summed E-state index contributed by atoms with van der Waals surface area (Å²) in [5.74, 6) is 1.47. The Kier molecular flexibility index (Phi) is 6.05. The molecule has 0 amide bonds. The van der Waals surface area contributed by atoms with Gasteiger partial charge in [-0.05, 0) is 45.6 Å². The molecule has 4 nitrogen and oxygen atoms in total. The Balaban J connectivity index is 3.15. The fourth-order valence-corrected chi connectivity index (χ4v) is 2.30. The molecule has 0 aromatic heterocycles. The zero-order valence-corrected chi connectivity index (χ0v) is 12.8. The summed E-state index contributed by atoms with van der Waals surface area (Å²) < 4.78 is 11.2. The van der Waals surface area contributed by atoms with Crippen molar-refractivity contribution in [1.82, 2.24) is 4.90 Å². The van der Waals surface area contributed by atoms with Crippen LogP contribution in [0.4, 0.5) is 0 Å². The van der Waals surface area contributed by atoms with E-state index in [1.807, 2.05) is 51.0 Å². The van der Waals surface area contributed by atoms with Crippen LogP contribution in [0.3, 0.4) is 0 Å². The lowest BCUT2D eigenvalue weighted by Crippen LogP contribution is -2.31. The summed E-state index contributed by atoms with van der Waals surface area (Å²) >= 11 is 5.13. The molecule has 5 heteroatoms. The number of thiocarbonyl (C=S) groups is 1. The highest BCUT2D eigenvalue weighted by Gasteiger charge is 2.19. The molecule has 0 spiro atoms. The lowest BCUT2D eigenvalue weighted by Gasteiger charge is -2.24. The van der Waals surface area contributed by atoms with Crippen LogP contribution in [0.25, 0.3) is 0 Å². The molecule has 1 aromatic rings. The zero-order valence-electron chi connectivity index (χ0n) is 12.0. The minimum Gasteiger partial charge on any atom is -0.490 e. The van der Waals surface area contributed by atoms with Gasteiger partial charge in [0, 0.05) is 0 Å². The van der Waals surface area contributed by atoms with Crippen LogP contribution in [0, 0.1) is 0 Å². The molecule has 2 N–H and O–H groups in total. The number of rotatable bonds is 7.